The van der Waals surface area contributed by atoms with Gasteiger partial charge >= 0.3 is 0 Å². The predicted molar refractivity (Wildman–Crippen MR) is 59.1 cm³/mol. The third-order valence-corrected chi connectivity index (χ3v) is 2.36. The lowest BCUT2D eigenvalue weighted by atomic mass is 10.4. The minimum absolute atomic E-state index is 0.126. The zero-order valence-corrected chi connectivity index (χ0v) is 8.82. The molecule has 1 saturated carbocycles. The molecule has 0 radical (unpaired) electrons. The van der Waals surface area contributed by atoms with Gasteiger partial charge in [-0.05, 0) is 12.8 Å². The van der Waals surface area contributed by atoms with E-state index in [1.165, 1.54) is 12.4 Å². The lowest BCUT2D eigenvalue weighted by molar-refractivity contribution is -0.122. The molecule has 0 saturated heterocycles. The molecule has 6 heteroatoms. The number of carbonyl (C=O) groups is 1. The molecule has 1 heterocycles. The average Bonchev–Trinajstić information content (AvgIpc) is 3.08. The van der Waals surface area contributed by atoms with Crippen LogP contribution in [-0.4, -0.2) is 29.0 Å². The summed E-state index contributed by atoms with van der Waals surface area (Å²) in [4.78, 5) is 28.5. The summed E-state index contributed by atoms with van der Waals surface area (Å²) in [5.74, 6) is 0.878. The number of H-pyrrole nitrogens is 1. The number of carbonyl (C=O) groups excluding carboxylic acids is 1. The Labute approximate surface area is 92.5 Å². The highest BCUT2D eigenvalue weighted by atomic mass is 16.2. The summed E-state index contributed by atoms with van der Waals surface area (Å²) < 4.78 is 0. The van der Waals surface area contributed by atoms with Gasteiger partial charge in [-0.2, -0.15) is 0 Å². The van der Waals surface area contributed by atoms with Crippen LogP contribution in [0, 0.1) is 5.92 Å². The zero-order chi connectivity index (χ0) is 11.4. The highest BCUT2D eigenvalue weighted by Gasteiger charge is 2.28. The first-order valence-corrected chi connectivity index (χ1v) is 5.32. The van der Waals surface area contributed by atoms with Gasteiger partial charge in [-0.25, -0.2) is 4.98 Å². The Hall–Kier alpha value is -1.85. The number of amides is 1. The van der Waals surface area contributed by atoms with Crippen LogP contribution in [-0.2, 0) is 4.79 Å². The standard InChI is InChI=1S/C10H14N4O2/c15-9-5-8(13-6-14-9)11-3-4-12-10(16)7-1-2-7/h5-7H,1-4H2,(H,12,16)(H2,11,13,14,15). The predicted octanol–water partition coefficient (Wildman–Crippen LogP) is -0.292. The molecular weight excluding hydrogens is 208 g/mol. The number of aromatic amines is 1. The van der Waals surface area contributed by atoms with Crippen molar-refractivity contribution in [3.8, 4) is 0 Å². The van der Waals surface area contributed by atoms with Crippen LogP contribution in [0.1, 0.15) is 12.8 Å². The SMILES string of the molecule is O=C(NCCNc1cc(=O)[nH]cn1)C1CC1. The van der Waals surface area contributed by atoms with Crippen LogP contribution in [0.2, 0.25) is 0 Å². The lowest BCUT2D eigenvalue weighted by Crippen LogP contribution is -2.30. The Bertz CT molecular complexity index is 425. The number of aromatic nitrogens is 2. The Morgan fingerprint density at radius 2 is 2.31 bits per heavy atom. The van der Waals surface area contributed by atoms with Crippen molar-refractivity contribution in [2.75, 3.05) is 18.4 Å². The summed E-state index contributed by atoms with van der Waals surface area (Å²) in [7, 11) is 0. The van der Waals surface area contributed by atoms with Crippen molar-refractivity contribution in [3.05, 3.63) is 22.7 Å². The van der Waals surface area contributed by atoms with Gasteiger partial charge in [-0.1, -0.05) is 0 Å². The minimum atomic E-state index is -0.195. The first-order chi connectivity index (χ1) is 7.75. The number of nitrogens with zero attached hydrogens (tertiary/aromatic N) is 1. The zero-order valence-electron chi connectivity index (χ0n) is 8.82. The molecule has 6 nitrogen and oxygen atoms in total. The van der Waals surface area contributed by atoms with Crippen LogP contribution in [0.15, 0.2) is 17.2 Å². The van der Waals surface area contributed by atoms with Crippen molar-refractivity contribution in [1.82, 2.24) is 15.3 Å². The highest BCUT2D eigenvalue weighted by molar-refractivity contribution is 5.80. The normalized spacial score (nSPS) is 14.5. The Kier molecular flexibility index (Phi) is 3.19. The summed E-state index contributed by atoms with van der Waals surface area (Å²) >= 11 is 0. The highest BCUT2D eigenvalue weighted by Crippen LogP contribution is 2.28. The Balaban J connectivity index is 1.67. The van der Waals surface area contributed by atoms with E-state index >= 15 is 0 Å². The fraction of sp³-hybridized carbons (Fsp3) is 0.500. The van der Waals surface area contributed by atoms with Crippen LogP contribution >= 0.6 is 0 Å². The molecular formula is C10H14N4O2. The van der Waals surface area contributed by atoms with Gasteiger partial charge < -0.3 is 15.6 Å². The largest absolute Gasteiger partial charge is 0.368 e. The summed E-state index contributed by atoms with van der Waals surface area (Å²) in [6, 6.07) is 1.38. The van der Waals surface area contributed by atoms with Gasteiger partial charge in [-0.3, -0.25) is 9.59 Å². The number of hydrogen-bond donors (Lipinski definition) is 3. The molecule has 0 aliphatic heterocycles. The number of nitrogens with one attached hydrogen (secondary N) is 3. The summed E-state index contributed by atoms with van der Waals surface area (Å²) in [6.45, 7) is 1.11. The smallest absolute Gasteiger partial charge is 0.252 e. The Morgan fingerprint density at radius 1 is 1.50 bits per heavy atom. The van der Waals surface area contributed by atoms with Gasteiger partial charge in [0.2, 0.25) is 5.91 Å². The summed E-state index contributed by atoms with van der Waals surface area (Å²) in [6.07, 6.45) is 3.36. The van der Waals surface area contributed by atoms with Gasteiger partial charge in [0, 0.05) is 25.1 Å². The summed E-state index contributed by atoms with van der Waals surface area (Å²) in [5, 5.41) is 5.77. The van der Waals surface area contributed by atoms with E-state index in [1.807, 2.05) is 0 Å². The van der Waals surface area contributed by atoms with Gasteiger partial charge in [0.15, 0.2) is 0 Å². The molecule has 86 valence electrons. The second-order valence-electron chi connectivity index (χ2n) is 3.79. The molecule has 0 aromatic carbocycles. The quantitative estimate of drug-likeness (QED) is 0.597. The molecule has 0 atom stereocenters. The molecule has 1 aliphatic rings. The van der Waals surface area contributed by atoms with E-state index in [0.29, 0.717) is 18.9 Å². The molecule has 1 amide bonds. The van der Waals surface area contributed by atoms with Crippen molar-refractivity contribution < 1.29 is 4.79 Å². The fourth-order valence-corrected chi connectivity index (χ4v) is 1.33. The number of anilines is 1. The van der Waals surface area contributed by atoms with E-state index in [4.69, 9.17) is 0 Å². The van der Waals surface area contributed by atoms with Gasteiger partial charge in [0.1, 0.15) is 5.82 Å². The maximum atomic E-state index is 11.3. The van der Waals surface area contributed by atoms with Crippen molar-refractivity contribution in [2.24, 2.45) is 5.92 Å². The average molecular weight is 222 g/mol. The molecule has 0 unspecified atom stereocenters. The maximum absolute atomic E-state index is 11.3. The molecule has 1 aromatic heterocycles. The van der Waals surface area contributed by atoms with E-state index in [0.717, 1.165) is 12.8 Å². The van der Waals surface area contributed by atoms with Gasteiger partial charge in [-0.15, -0.1) is 0 Å². The molecule has 3 N–H and O–H groups in total. The molecule has 0 spiro atoms. The van der Waals surface area contributed by atoms with E-state index in [-0.39, 0.29) is 17.4 Å². The fourth-order valence-electron chi connectivity index (χ4n) is 1.33. The van der Waals surface area contributed by atoms with Crippen LogP contribution in [0.25, 0.3) is 0 Å². The molecule has 16 heavy (non-hydrogen) atoms. The lowest BCUT2D eigenvalue weighted by Gasteiger charge is -2.06. The van der Waals surface area contributed by atoms with E-state index < -0.39 is 0 Å². The van der Waals surface area contributed by atoms with E-state index in [9.17, 15) is 9.59 Å². The molecule has 1 aromatic rings. The minimum Gasteiger partial charge on any atom is -0.368 e. The Morgan fingerprint density at radius 3 is 3.00 bits per heavy atom. The molecule has 2 rings (SSSR count). The molecule has 1 fully saturated rings. The first kappa shape index (κ1) is 10.7. The number of rotatable bonds is 5. The van der Waals surface area contributed by atoms with Crippen LogP contribution in [0.3, 0.4) is 0 Å². The van der Waals surface area contributed by atoms with E-state index in [1.54, 1.807) is 0 Å². The number of hydrogen-bond acceptors (Lipinski definition) is 4. The van der Waals surface area contributed by atoms with Crippen molar-refractivity contribution in [1.29, 1.82) is 0 Å². The first-order valence-electron chi connectivity index (χ1n) is 5.32. The third kappa shape index (κ3) is 3.08. The van der Waals surface area contributed by atoms with Crippen molar-refractivity contribution >= 4 is 11.7 Å². The molecule has 0 bridgehead atoms. The third-order valence-electron chi connectivity index (χ3n) is 2.36. The second-order valence-corrected chi connectivity index (χ2v) is 3.79. The van der Waals surface area contributed by atoms with Crippen molar-refractivity contribution in [3.63, 3.8) is 0 Å². The maximum Gasteiger partial charge on any atom is 0.252 e. The van der Waals surface area contributed by atoms with Gasteiger partial charge in [0.25, 0.3) is 5.56 Å². The van der Waals surface area contributed by atoms with Gasteiger partial charge in [0.05, 0.1) is 6.33 Å². The van der Waals surface area contributed by atoms with Crippen LogP contribution in [0.4, 0.5) is 5.82 Å². The van der Waals surface area contributed by atoms with Crippen LogP contribution < -0.4 is 16.2 Å². The van der Waals surface area contributed by atoms with E-state index in [2.05, 4.69) is 20.6 Å². The topological polar surface area (TPSA) is 86.9 Å². The monoisotopic (exact) mass is 222 g/mol. The molecule has 1 aliphatic carbocycles. The van der Waals surface area contributed by atoms with Crippen molar-refractivity contribution in [2.45, 2.75) is 12.8 Å². The second kappa shape index (κ2) is 4.78. The van der Waals surface area contributed by atoms with Crippen LogP contribution in [0.5, 0.6) is 0 Å². The summed E-state index contributed by atoms with van der Waals surface area (Å²) in [5.41, 5.74) is -0.195.